The first-order valence-corrected chi connectivity index (χ1v) is 9.79. The monoisotopic (exact) mass is 394 g/mol. The Morgan fingerprint density at radius 3 is 1.43 bits per heavy atom. The summed E-state index contributed by atoms with van der Waals surface area (Å²) >= 11 is 0. The number of imide groups is 2. The van der Waals surface area contributed by atoms with Crippen molar-refractivity contribution in [2.24, 2.45) is 22.7 Å². The van der Waals surface area contributed by atoms with Gasteiger partial charge in [-0.25, -0.2) is 0 Å². The Morgan fingerprint density at radius 1 is 0.821 bits per heavy atom. The van der Waals surface area contributed by atoms with E-state index in [0.29, 0.717) is 13.0 Å². The Bertz CT molecular complexity index is 669. The molecule has 158 valence electrons. The van der Waals surface area contributed by atoms with Crippen molar-refractivity contribution in [2.45, 2.75) is 68.2 Å². The van der Waals surface area contributed by atoms with Gasteiger partial charge in [-0.1, -0.05) is 41.5 Å². The smallest absolute Gasteiger partial charge is 0.233 e. The maximum Gasteiger partial charge on any atom is 0.233 e. The Labute approximate surface area is 167 Å². The zero-order valence-corrected chi connectivity index (χ0v) is 18.4. The van der Waals surface area contributed by atoms with E-state index in [9.17, 15) is 24.0 Å². The van der Waals surface area contributed by atoms with Crippen molar-refractivity contribution in [1.82, 2.24) is 9.80 Å². The number of hydrogen-bond acceptors (Lipinski definition) is 5. The number of likely N-dealkylation sites (tertiary alicyclic amines) is 2. The molecule has 0 spiro atoms. The van der Waals surface area contributed by atoms with Gasteiger partial charge in [0.1, 0.15) is 5.78 Å². The normalized spacial score (nSPS) is 23.3. The Hall–Kier alpha value is -2.05. The average molecular weight is 395 g/mol. The second kappa shape index (κ2) is 8.53. The maximum atomic E-state index is 11.9. The average Bonchev–Trinajstić information content (AvgIpc) is 2.97. The molecule has 2 atom stereocenters. The van der Waals surface area contributed by atoms with Crippen LogP contribution in [-0.4, -0.2) is 52.3 Å². The van der Waals surface area contributed by atoms with Gasteiger partial charge in [0.15, 0.2) is 0 Å². The quantitative estimate of drug-likeness (QED) is 0.686. The molecule has 0 saturated carbocycles. The van der Waals surface area contributed by atoms with Crippen LogP contribution in [0.1, 0.15) is 68.2 Å². The molecule has 2 aliphatic heterocycles. The minimum atomic E-state index is -0.288. The number of nitrogens with zero attached hydrogens (tertiary/aromatic N) is 2. The van der Waals surface area contributed by atoms with Crippen molar-refractivity contribution >= 4 is 29.4 Å². The van der Waals surface area contributed by atoms with E-state index in [4.69, 9.17) is 0 Å². The van der Waals surface area contributed by atoms with Gasteiger partial charge in [-0.2, -0.15) is 0 Å². The number of amides is 4. The molecular formula is C21H34N2O5. The van der Waals surface area contributed by atoms with Crippen LogP contribution in [0.15, 0.2) is 0 Å². The molecule has 2 saturated heterocycles. The first kappa shape index (κ1) is 24.0. The summed E-state index contributed by atoms with van der Waals surface area (Å²) < 4.78 is 0. The molecule has 7 nitrogen and oxygen atoms in total. The predicted octanol–water partition coefficient (Wildman–Crippen LogP) is 2.42. The molecule has 0 aromatic heterocycles. The van der Waals surface area contributed by atoms with Gasteiger partial charge in [0.05, 0.1) is 18.4 Å². The largest absolute Gasteiger partial charge is 0.298 e. The summed E-state index contributed by atoms with van der Waals surface area (Å²) in [6.45, 7) is 15.4. The molecule has 7 heteroatoms. The van der Waals surface area contributed by atoms with Crippen molar-refractivity contribution in [1.29, 1.82) is 0 Å². The molecule has 0 aliphatic carbocycles. The standard InChI is InChI=1S/C11H17NO3.C10H17NO2/c1-7(13)6-12-9(14)5-8(10(12)15)11(2,3)4;1-5-11-8(12)6-7(9(11)13)10(2,3)4/h8H,5-6H2,1-4H3;7H,5-6H2,1-4H3. The van der Waals surface area contributed by atoms with Crippen LogP contribution in [0.25, 0.3) is 0 Å². The number of rotatable bonds is 3. The van der Waals surface area contributed by atoms with Crippen LogP contribution in [0.5, 0.6) is 0 Å². The molecule has 2 unspecified atom stereocenters. The zero-order valence-electron chi connectivity index (χ0n) is 18.4. The number of ketones is 1. The Kier molecular flexibility index (Phi) is 7.31. The van der Waals surface area contributed by atoms with Crippen LogP contribution in [0.2, 0.25) is 0 Å². The van der Waals surface area contributed by atoms with E-state index < -0.39 is 0 Å². The number of carbonyl (C=O) groups is 5. The van der Waals surface area contributed by atoms with E-state index in [1.165, 1.54) is 11.8 Å². The Morgan fingerprint density at radius 2 is 1.18 bits per heavy atom. The number of carbonyl (C=O) groups excluding carboxylic acids is 5. The van der Waals surface area contributed by atoms with Crippen molar-refractivity contribution in [3.8, 4) is 0 Å². The molecule has 28 heavy (non-hydrogen) atoms. The van der Waals surface area contributed by atoms with Gasteiger partial charge in [0, 0.05) is 19.4 Å². The molecule has 0 aromatic carbocycles. The summed E-state index contributed by atoms with van der Waals surface area (Å²) in [4.78, 5) is 59.8. The first-order valence-electron chi connectivity index (χ1n) is 9.79. The number of Topliss-reactive ketones (excluding diaryl/α,β-unsaturated/α-hetero) is 1. The van der Waals surface area contributed by atoms with Crippen molar-refractivity contribution in [3.63, 3.8) is 0 Å². The van der Waals surface area contributed by atoms with E-state index in [1.807, 2.05) is 48.5 Å². The van der Waals surface area contributed by atoms with Crippen LogP contribution >= 0.6 is 0 Å². The molecule has 0 radical (unpaired) electrons. The van der Waals surface area contributed by atoms with Gasteiger partial charge in [0.25, 0.3) is 0 Å². The summed E-state index contributed by atoms with van der Waals surface area (Å²) in [5.74, 6) is -1.03. The zero-order chi connectivity index (χ0) is 22.0. The lowest BCUT2D eigenvalue weighted by atomic mass is 9.80. The van der Waals surface area contributed by atoms with Crippen molar-refractivity contribution < 1.29 is 24.0 Å². The minimum absolute atomic E-state index is 0.000000000000000444. The third kappa shape index (κ3) is 5.49. The topological polar surface area (TPSA) is 91.8 Å². The fourth-order valence-electron chi connectivity index (χ4n) is 3.44. The van der Waals surface area contributed by atoms with Gasteiger partial charge in [0.2, 0.25) is 23.6 Å². The first-order chi connectivity index (χ1) is 12.6. The highest BCUT2D eigenvalue weighted by molar-refractivity contribution is 6.06. The van der Waals surface area contributed by atoms with Gasteiger partial charge in [-0.3, -0.25) is 33.8 Å². The van der Waals surface area contributed by atoms with E-state index in [-0.39, 0.29) is 65.0 Å². The molecule has 0 bridgehead atoms. The Balaban J connectivity index is 0.000000283. The van der Waals surface area contributed by atoms with Crippen LogP contribution < -0.4 is 0 Å². The molecule has 0 N–H and O–H groups in total. The molecule has 2 fully saturated rings. The van der Waals surface area contributed by atoms with E-state index in [1.54, 1.807) is 0 Å². The van der Waals surface area contributed by atoms with Crippen molar-refractivity contribution in [2.75, 3.05) is 13.1 Å². The third-order valence-electron chi connectivity index (χ3n) is 5.28. The van der Waals surface area contributed by atoms with E-state index >= 15 is 0 Å². The summed E-state index contributed by atoms with van der Waals surface area (Å²) in [7, 11) is 0. The van der Waals surface area contributed by atoms with Gasteiger partial charge in [-0.05, 0) is 24.7 Å². The van der Waals surface area contributed by atoms with Crippen LogP contribution in [0.4, 0.5) is 0 Å². The fraction of sp³-hybridized carbons (Fsp3) is 0.762. The lowest BCUT2D eigenvalue weighted by Gasteiger charge is -2.24. The predicted molar refractivity (Wildman–Crippen MR) is 105 cm³/mol. The fourth-order valence-corrected chi connectivity index (χ4v) is 3.44. The minimum Gasteiger partial charge on any atom is -0.298 e. The van der Waals surface area contributed by atoms with Gasteiger partial charge >= 0.3 is 0 Å². The summed E-state index contributed by atoms with van der Waals surface area (Å²) in [5, 5.41) is 0. The summed E-state index contributed by atoms with van der Waals surface area (Å²) in [6.07, 6.45) is 0.617. The lowest BCUT2D eigenvalue weighted by molar-refractivity contribution is -0.143. The van der Waals surface area contributed by atoms with Gasteiger partial charge in [-0.15, -0.1) is 0 Å². The summed E-state index contributed by atoms with van der Waals surface area (Å²) in [6, 6.07) is 0. The van der Waals surface area contributed by atoms with Gasteiger partial charge < -0.3 is 0 Å². The second-order valence-corrected chi connectivity index (χ2v) is 9.74. The second-order valence-electron chi connectivity index (χ2n) is 9.74. The highest BCUT2D eigenvalue weighted by Crippen LogP contribution is 2.36. The lowest BCUT2D eigenvalue weighted by Crippen LogP contribution is -2.36. The van der Waals surface area contributed by atoms with E-state index in [2.05, 4.69) is 0 Å². The molecule has 4 amide bonds. The molecule has 2 rings (SSSR count). The molecule has 2 aliphatic rings. The van der Waals surface area contributed by atoms with E-state index in [0.717, 1.165) is 4.90 Å². The highest BCUT2D eigenvalue weighted by Gasteiger charge is 2.45. The number of hydrogen-bond donors (Lipinski definition) is 0. The molecule has 2 heterocycles. The summed E-state index contributed by atoms with van der Waals surface area (Å²) in [5.41, 5.74) is -0.324. The molecular weight excluding hydrogens is 360 g/mol. The maximum absolute atomic E-state index is 11.9. The van der Waals surface area contributed by atoms with Crippen molar-refractivity contribution in [3.05, 3.63) is 0 Å². The van der Waals surface area contributed by atoms with Crippen LogP contribution in [-0.2, 0) is 24.0 Å². The van der Waals surface area contributed by atoms with Crippen LogP contribution in [0.3, 0.4) is 0 Å². The SMILES string of the molecule is CC(=O)CN1C(=O)CC(C(C)(C)C)C1=O.CCN1C(=O)CC(C(C)(C)C)C1=O. The highest BCUT2D eigenvalue weighted by atomic mass is 16.2. The third-order valence-corrected chi connectivity index (χ3v) is 5.28. The van der Waals surface area contributed by atoms with Crippen LogP contribution in [0, 0.1) is 22.7 Å². The molecule has 0 aromatic rings.